The lowest BCUT2D eigenvalue weighted by atomic mass is 9.82. The average Bonchev–Trinajstić information content (AvgIpc) is 2.43. The molecule has 0 aromatic carbocycles. The van der Waals surface area contributed by atoms with Crippen LogP contribution in [0.2, 0.25) is 0 Å². The fourth-order valence-electron chi connectivity index (χ4n) is 2.99. The van der Waals surface area contributed by atoms with E-state index in [-0.39, 0.29) is 5.92 Å². The van der Waals surface area contributed by atoms with Crippen molar-refractivity contribution in [2.75, 3.05) is 6.54 Å². The summed E-state index contributed by atoms with van der Waals surface area (Å²) in [5.74, 6) is 0.787. The molecule has 0 amide bonds. The molecule has 19 heavy (non-hydrogen) atoms. The molecular formula is C16H31NO2. The van der Waals surface area contributed by atoms with E-state index in [9.17, 15) is 4.79 Å². The van der Waals surface area contributed by atoms with E-state index in [1.165, 1.54) is 19.3 Å². The van der Waals surface area contributed by atoms with Gasteiger partial charge in [0.1, 0.15) is 0 Å². The Hall–Kier alpha value is -0.570. The number of hydrogen-bond donors (Lipinski definition) is 2. The standard InChI is InChI=1S/C16H31NO2/c1-4-12(3)10-15(5-2)17-11-13-6-8-14(9-7-13)16(18)19/h12-15,17H,4-11H2,1-3H3,(H,18,19). The molecule has 1 saturated carbocycles. The molecule has 0 aromatic heterocycles. The van der Waals surface area contributed by atoms with Gasteiger partial charge in [-0.25, -0.2) is 0 Å². The zero-order chi connectivity index (χ0) is 14.3. The predicted octanol–water partition coefficient (Wildman–Crippen LogP) is 3.68. The first-order valence-electron chi connectivity index (χ1n) is 8.02. The number of aliphatic carboxylic acids is 1. The highest BCUT2D eigenvalue weighted by Crippen LogP contribution is 2.28. The fourth-order valence-corrected chi connectivity index (χ4v) is 2.99. The minimum absolute atomic E-state index is 0.0849. The first-order valence-corrected chi connectivity index (χ1v) is 8.02. The second-order valence-corrected chi connectivity index (χ2v) is 6.32. The monoisotopic (exact) mass is 269 g/mol. The smallest absolute Gasteiger partial charge is 0.306 e. The molecule has 2 atom stereocenters. The quantitative estimate of drug-likeness (QED) is 0.706. The van der Waals surface area contributed by atoms with Crippen LogP contribution in [0.15, 0.2) is 0 Å². The lowest BCUT2D eigenvalue weighted by Crippen LogP contribution is -2.36. The van der Waals surface area contributed by atoms with Crippen LogP contribution >= 0.6 is 0 Å². The van der Waals surface area contributed by atoms with Crippen LogP contribution in [0.1, 0.15) is 65.7 Å². The summed E-state index contributed by atoms with van der Waals surface area (Å²) in [5, 5.41) is 12.7. The third-order valence-corrected chi connectivity index (χ3v) is 4.77. The van der Waals surface area contributed by atoms with Crippen molar-refractivity contribution in [2.24, 2.45) is 17.8 Å². The zero-order valence-electron chi connectivity index (χ0n) is 12.8. The summed E-state index contributed by atoms with van der Waals surface area (Å²) in [6, 6.07) is 0.632. The summed E-state index contributed by atoms with van der Waals surface area (Å²) < 4.78 is 0. The maximum absolute atomic E-state index is 10.9. The van der Waals surface area contributed by atoms with Gasteiger partial charge in [-0.3, -0.25) is 4.79 Å². The van der Waals surface area contributed by atoms with Gasteiger partial charge in [0.2, 0.25) is 0 Å². The van der Waals surface area contributed by atoms with E-state index in [1.807, 2.05) is 0 Å². The lowest BCUT2D eigenvalue weighted by molar-refractivity contribution is -0.143. The summed E-state index contributed by atoms with van der Waals surface area (Å²) in [6.45, 7) is 7.90. The van der Waals surface area contributed by atoms with Gasteiger partial charge in [0.15, 0.2) is 0 Å². The van der Waals surface area contributed by atoms with E-state index in [0.29, 0.717) is 12.0 Å². The zero-order valence-corrected chi connectivity index (χ0v) is 12.8. The number of carbonyl (C=O) groups is 1. The maximum Gasteiger partial charge on any atom is 0.306 e. The van der Waals surface area contributed by atoms with E-state index >= 15 is 0 Å². The second-order valence-electron chi connectivity index (χ2n) is 6.32. The van der Waals surface area contributed by atoms with Crippen molar-refractivity contribution in [1.29, 1.82) is 0 Å². The molecule has 0 heterocycles. The van der Waals surface area contributed by atoms with E-state index in [4.69, 9.17) is 5.11 Å². The Labute approximate surface area is 118 Å². The number of hydrogen-bond acceptors (Lipinski definition) is 2. The topological polar surface area (TPSA) is 49.3 Å². The van der Waals surface area contributed by atoms with Crippen LogP contribution in [-0.4, -0.2) is 23.7 Å². The van der Waals surface area contributed by atoms with Gasteiger partial charge in [-0.2, -0.15) is 0 Å². The van der Waals surface area contributed by atoms with E-state index in [1.54, 1.807) is 0 Å². The average molecular weight is 269 g/mol. The minimum atomic E-state index is -0.602. The van der Waals surface area contributed by atoms with Gasteiger partial charge in [0.05, 0.1) is 5.92 Å². The SMILES string of the molecule is CCC(C)CC(CC)NCC1CCC(C(=O)O)CC1. The summed E-state index contributed by atoms with van der Waals surface area (Å²) in [6.07, 6.45) is 7.58. The van der Waals surface area contributed by atoms with Gasteiger partial charge in [0, 0.05) is 6.04 Å². The Morgan fingerprint density at radius 3 is 2.32 bits per heavy atom. The molecule has 0 aliphatic heterocycles. The van der Waals surface area contributed by atoms with Gasteiger partial charge in [-0.1, -0.05) is 27.2 Å². The fraction of sp³-hybridized carbons (Fsp3) is 0.938. The van der Waals surface area contributed by atoms with E-state index in [2.05, 4.69) is 26.1 Å². The van der Waals surface area contributed by atoms with Gasteiger partial charge >= 0.3 is 5.97 Å². The van der Waals surface area contributed by atoms with Crippen LogP contribution in [0.3, 0.4) is 0 Å². The van der Waals surface area contributed by atoms with Crippen LogP contribution in [0.25, 0.3) is 0 Å². The molecular weight excluding hydrogens is 238 g/mol. The number of nitrogens with one attached hydrogen (secondary N) is 1. The van der Waals surface area contributed by atoms with E-state index < -0.39 is 5.97 Å². The lowest BCUT2D eigenvalue weighted by Gasteiger charge is -2.28. The number of carboxylic acids is 1. The van der Waals surface area contributed by atoms with Crippen LogP contribution < -0.4 is 5.32 Å². The molecule has 0 aromatic rings. The van der Waals surface area contributed by atoms with Gasteiger partial charge < -0.3 is 10.4 Å². The Morgan fingerprint density at radius 1 is 1.21 bits per heavy atom. The van der Waals surface area contributed by atoms with Crippen molar-refractivity contribution in [3.63, 3.8) is 0 Å². The van der Waals surface area contributed by atoms with Crippen LogP contribution in [-0.2, 0) is 4.79 Å². The first kappa shape index (κ1) is 16.5. The molecule has 3 nitrogen and oxygen atoms in total. The second kappa shape index (κ2) is 8.57. The Kier molecular flexibility index (Phi) is 7.44. The largest absolute Gasteiger partial charge is 0.481 e. The molecule has 112 valence electrons. The first-order chi connectivity index (χ1) is 9.06. The molecule has 2 unspecified atom stereocenters. The van der Waals surface area contributed by atoms with Crippen molar-refractivity contribution < 1.29 is 9.90 Å². The molecule has 0 radical (unpaired) electrons. The Balaban J connectivity index is 2.23. The highest BCUT2D eigenvalue weighted by Gasteiger charge is 2.26. The van der Waals surface area contributed by atoms with Crippen molar-refractivity contribution in [3.8, 4) is 0 Å². The third kappa shape index (κ3) is 5.94. The molecule has 3 heteroatoms. The van der Waals surface area contributed by atoms with Crippen molar-refractivity contribution >= 4 is 5.97 Å². The molecule has 1 rings (SSSR count). The maximum atomic E-state index is 10.9. The predicted molar refractivity (Wildman–Crippen MR) is 79.2 cm³/mol. The normalized spacial score (nSPS) is 26.9. The third-order valence-electron chi connectivity index (χ3n) is 4.77. The number of carboxylic acid groups (broad SMARTS) is 1. The summed E-state index contributed by atoms with van der Waals surface area (Å²) in [4.78, 5) is 10.9. The molecule has 1 fully saturated rings. The van der Waals surface area contributed by atoms with Gasteiger partial charge in [-0.05, 0) is 56.9 Å². The summed E-state index contributed by atoms with van der Waals surface area (Å²) in [7, 11) is 0. The Morgan fingerprint density at radius 2 is 1.84 bits per heavy atom. The molecule has 1 aliphatic rings. The van der Waals surface area contributed by atoms with Crippen LogP contribution in [0.5, 0.6) is 0 Å². The van der Waals surface area contributed by atoms with Gasteiger partial charge in [-0.15, -0.1) is 0 Å². The van der Waals surface area contributed by atoms with Crippen molar-refractivity contribution in [2.45, 2.75) is 71.8 Å². The van der Waals surface area contributed by atoms with Crippen molar-refractivity contribution in [1.82, 2.24) is 5.32 Å². The minimum Gasteiger partial charge on any atom is -0.481 e. The highest BCUT2D eigenvalue weighted by atomic mass is 16.4. The highest BCUT2D eigenvalue weighted by molar-refractivity contribution is 5.69. The van der Waals surface area contributed by atoms with Gasteiger partial charge in [0.25, 0.3) is 0 Å². The molecule has 0 spiro atoms. The molecule has 2 N–H and O–H groups in total. The number of rotatable bonds is 8. The molecule has 0 saturated heterocycles. The summed E-state index contributed by atoms with van der Waals surface area (Å²) >= 11 is 0. The van der Waals surface area contributed by atoms with Crippen molar-refractivity contribution in [3.05, 3.63) is 0 Å². The molecule has 0 bridgehead atoms. The Bertz CT molecular complexity index is 259. The molecule has 1 aliphatic carbocycles. The summed E-state index contributed by atoms with van der Waals surface area (Å²) in [5.41, 5.74) is 0. The van der Waals surface area contributed by atoms with Crippen LogP contribution in [0, 0.1) is 17.8 Å². The van der Waals surface area contributed by atoms with E-state index in [0.717, 1.165) is 38.1 Å². The van der Waals surface area contributed by atoms with Crippen LogP contribution in [0.4, 0.5) is 0 Å².